The molecule has 0 amide bonds. The van der Waals surface area contributed by atoms with E-state index in [1.165, 1.54) is 32.3 Å². The highest BCUT2D eigenvalue weighted by molar-refractivity contribution is 6.25. The molecule has 43 heavy (non-hydrogen) atoms. The average molecular weight is 549 g/mol. The molecule has 0 aliphatic heterocycles. The van der Waals surface area contributed by atoms with Crippen molar-refractivity contribution in [3.63, 3.8) is 0 Å². The third-order valence-electron chi connectivity index (χ3n) is 8.48. The largest absolute Gasteiger partial charge is 0.455 e. The van der Waals surface area contributed by atoms with Crippen LogP contribution in [0.4, 0.5) is 0 Å². The zero-order chi connectivity index (χ0) is 28.3. The molecule has 0 N–H and O–H groups in total. The van der Waals surface area contributed by atoms with Gasteiger partial charge in [-0.3, -0.25) is 0 Å². The number of aromatic nitrogens is 2. The van der Waals surface area contributed by atoms with Crippen molar-refractivity contribution in [2.75, 3.05) is 0 Å². The molecule has 0 saturated carbocycles. The molecule has 9 aromatic rings. The second-order valence-electron chi connectivity index (χ2n) is 11.0. The zero-order valence-electron chi connectivity index (χ0n) is 23.2. The maximum atomic E-state index is 6.40. The van der Waals surface area contributed by atoms with E-state index in [0.29, 0.717) is 5.82 Å². The van der Waals surface area contributed by atoms with Crippen molar-refractivity contribution >= 4 is 54.3 Å². The number of rotatable bonds is 3. The summed E-state index contributed by atoms with van der Waals surface area (Å²) in [5.41, 5.74) is 6.37. The molecule has 0 fully saturated rings. The molecule has 0 aliphatic carbocycles. The van der Waals surface area contributed by atoms with E-state index in [2.05, 4.69) is 109 Å². The van der Waals surface area contributed by atoms with Crippen molar-refractivity contribution in [1.82, 2.24) is 9.97 Å². The van der Waals surface area contributed by atoms with E-state index < -0.39 is 0 Å². The van der Waals surface area contributed by atoms with Gasteiger partial charge in [-0.2, -0.15) is 0 Å². The summed E-state index contributed by atoms with van der Waals surface area (Å²) in [7, 11) is 0. The topological polar surface area (TPSA) is 38.9 Å². The van der Waals surface area contributed by atoms with Gasteiger partial charge < -0.3 is 4.42 Å². The van der Waals surface area contributed by atoms with Gasteiger partial charge in [-0.05, 0) is 56.6 Å². The molecule has 0 unspecified atom stereocenters. The van der Waals surface area contributed by atoms with E-state index in [-0.39, 0.29) is 0 Å². The first-order valence-electron chi connectivity index (χ1n) is 14.5. The molecular formula is C40H24N2O. The standard InChI is InChI=1S/C40H24N2O/c1-2-11-25(12-3-1)36-24-37(42-40(41-36)34-19-10-18-33-32-17-8-9-20-38(32)43-39(33)34)26-21-22-31-29-15-5-4-13-27(29)28-14-6-7-16-30(28)35(31)23-26/h1-24H. The van der Waals surface area contributed by atoms with E-state index in [1.54, 1.807) is 0 Å². The number of hydrogen-bond acceptors (Lipinski definition) is 3. The van der Waals surface area contributed by atoms with Gasteiger partial charge >= 0.3 is 0 Å². The number of para-hydroxylation sites is 2. The van der Waals surface area contributed by atoms with Gasteiger partial charge in [0.2, 0.25) is 0 Å². The van der Waals surface area contributed by atoms with Crippen LogP contribution in [-0.2, 0) is 0 Å². The molecule has 9 rings (SSSR count). The second kappa shape index (κ2) is 9.37. The first-order chi connectivity index (χ1) is 21.3. The molecule has 200 valence electrons. The van der Waals surface area contributed by atoms with Crippen LogP contribution in [0.3, 0.4) is 0 Å². The van der Waals surface area contributed by atoms with Crippen LogP contribution in [0.2, 0.25) is 0 Å². The molecule has 0 aliphatic rings. The monoisotopic (exact) mass is 548 g/mol. The number of furan rings is 1. The van der Waals surface area contributed by atoms with Gasteiger partial charge in [0, 0.05) is 21.9 Å². The van der Waals surface area contributed by atoms with Crippen LogP contribution in [-0.4, -0.2) is 9.97 Å². The Balaban J connectivity index is 1.32. The summed E-state index contributed by atoms with van der Waals surface area (Å²) in [6, 6.07) is 50.8. The predicted molar refractivity (Wildman–Crippen MR) is 178 cm³/mol. The van der Waals surface area contributed by atoms with Gasteiger partial charge in [-0.1, -0.05) is 121 Å². The molecule has 2 heterocycles. The fourth-order valence-electron chi connectivity index (χ4n) is 6.46. The number of nitrogens with zero attached hydrogens (tertiary/aromatic N) is 2. The Kier molecular flexibility index (Phi) is 5.20. The lowest BCUT2D eigenvalue weighted by atomic mass is 9.92. The van der Waals surface area contributed by atoms with Crippen LogP contribution in [0.15, 0.2) is 150 Å². The van der Waals surface area contributed by atoms with Gasteiger partial charge in [-0.25, -0.2) is 9.97 Å². The van der Waals surface area contributed by atoms with Crippen molar-refractivity contribution in [2.45, 2.75) is 0 Å². The summed E-state index contributed by atoms with van der Waals surface area (Å²) in [6.07, 6.45) is 0. The van der Waals surface area contributed by atoms with Crippen LogP contribution in [0.5, 0.6) is 0 Å². The SMILES string of the molecule is c1ccc(-c2cc(-c3ccc4c5ccccc5c5ccccc5c4c3)nc(-c3cccc4c3oc3ccccc34)n2)cc1. The Morgan fingerprint density at radius 2 is 0.930 bits per heavy atom. The van der Waals surface area contributed by atoms with E-state index in [0.717, 1.165) is 50.0 Å². The minimum absolute atomic E-state index is 0.643. The normalized spacial score (nSPS) is 11.7. The zero-order valence-corrected chi connectivity index (χ0v) is 23.2. The number of hydrogen-bond donors (Lipinski definition) is 0. The highest BCUT2D eigenvalue weighted by Crippen LogP contribution is 2.39. The van der Waals surface area contributed by atoms with Crippen molar-refractivity contribution in [3.05, 3.63) is 146 Å². The highest BCUT2D eigenvalue weighted by Gasteiger charge is 2.17. The predicted octanol–water partition coefficient (Wildman–Crippen LogP) is 10.8. The molecular weight excluding hydrogens is 524 g/mol. The minimum atomic E-state index is 0.643. The quantitative estimate of drug-likeness (QED) is 0.206. The van der Waals surface area contributed by atoms with Crippen LogP contribution in [0.25, 0.3) is 88.2 Å². The molecule has 0 radical (unpaired) electrons. The summed E-state index contributed by atoms with van der Waals surface area (Å²) >= 11 is 0. The molecule has 0 bridgehead atoms. The molecule has 2 aromatic heterocycles. The third-order valence-corrected chi connectivity index (χ3v) is 8.48. The lowest BCUT2D eigenvalue weighted by Gasteiger charge is -2.13. The molecule has 0 spiro atoms. The Morgan fingerprint density at radius 1 is 0.372 bits per heavy atom. The van der Waals surface area contributed by atoms with Gasteiger partial charge in [0.25, 0.3) is 0 Å². The Labute approximate surface area is 247 Å². The van der Waals surface area contributed by atoms with E-state index in [1.807, 2.05) is 36.4 Å². The third kappa shape index (κ3) is 3.75. The fourth-order valence-corrected chi connectivity index (χ4v) is 6.46. The lowest BCUT2D eigenvalue weighted by Crippen LogP contribution is -1.96. The molecule has 0 saturated heterocycles. The van der Waals surface area contributed by atoms with E-state index in [4.69, 9.17) is 14.4 Å². The van der Waals surface area contributed by atoms with Gasteiger partial charge in [0.1, 0.15) is 11.2 Å². The Bertz CT molecular complexity index is 2470. The minimum Gasteiger partial charge on any atom is -0.455 e. The molecule has 0 atom stereocenters. The highest BCUT2D eigenvalue weighted by atomic mass is 16.3. The Hall–Kier alpha value is -5.80. The fraction of sp³-hybridized carbons (Fsp3) is 0. The Morgan fingerprint density at radius 3 is 1.65 bits per heavy atom. The van der Waals surface area contributed by atoms with E-state index >= 15 is 0 Å². The van der Waals surface area contributed by atoms with Crippen LogP contribution in [0.1, 0.15) is 0 Å². The van der Waals surface area contributed by atoms with Crippen LogP contribution >= 0.6 is 0 Å². The maximum Gasteiger partial charge on any atom is 0.164 e. The van der Waals surface area contributed by atoms with Gasteiger partial charge in [0.15, 0.2) is 5.82 Å². The average Bonchev–Trinajstić information content (AvgIpc) is 3.47. The van der Waals surface area contributed by atoms with Crippen LogP contribution in [0, 0.1) is 0 Å². The van der Waals surface area contributed by atoms with Crippen molar-refractivity contribution in [2.24, 2.45) is 0 Å². The lowest BCUT2D eigenvalue weighted by molar-refractivity contribution is 0.669. The summed E-state index contributed by atoms with van der Waals surface area (Å²) in [5.74, 6) is 0.643. The van der Waals surface area contributed by atoms with Gasteiger partial charge in [0.05, 0.1) is 17.0 Å². The maximum absolute atomic E-state index is 6.40. The first-order valence-corrected chi connectivity index (χ1v) is 14.5. The van der Waals surface area contributed by atoms with Crippen molar-refractivity contribution < 1.29 is 4.42 Å². The first kappa shape index (κ1) is 23.9. The number of fused-ring (bicyclic) bond motifs is 9. The number of benzene rings is 7. The van der Waals surface area contributed by atoms with Gasteiger partial charge in [-0.15, -0.1) is 0 Å². The molecule has 3 nitrogen and oxygen atoms in total. The van der Waals surface area contributed by atoms with Crippen molar-refractivity contribution in [3.8, 4) is 33.9 Å². The molecule has 7 aromatic carbocycles. The van der Waals surface area contributed by atoms with Crippen molar-refractivity contribution in [1.29, 1.82) is 0 Å². The van der Waals surface area contributed by atoms with Crippen LogP contribution < -0.4 is 0 Å². The van der Waals surface area contributed by atoms with E-state index in [9.17, 15) is 0 Å². The molecule has 3 heteroatoms. The summed E-state index contributed by atoms with van der Waals surface area (Å²) in [5, 5.41) is 9.63. The summed E-state index contributed by atoms with van der Waals surface area (Å²) in [4.78, 5) is 10.3. The summed E-state index contributed by atoms with van der Waals surface area (Å²) < 4.78 is 6.40. The summed E-state index contributed by atoms with van der Waals surface area (Å²) in [6.45, 7) is 0. The smallest absolute Gasteiger partial charge is 0.164 e. The second-order valence-corrected chi connectivity index (χ2v) is 11.0.